The average Bonchev–Trinajstić information content (AvgIpc) is 2.83. The summed E-state index contributed by atoms with van der Waals surface area (Å²) in [6, 6.07) is 18.4. The molecule has 0 unspecified atom stereocenters. The second-order valence-corrected chi connectivity index (χ2v) is 6.93. The quantitative estimate of drug-likeness (QED) is 0.448. The van der Waals surface area contributed by atoms with Crippen LogP contribution < -0.4 is 24.4 Å². The smallest absolute Gasteiger partial charge is 0.239 e. The zero-order chi connectivity index (χ0) is 22.7. The fourth-order valence-corrected chi connectivity index (χ4v) is 3.41. The van der Waals surface area contributed by atoms with Crippen LogP contribution in [-0.4, -0.2) is 26.4 Å². The first kappa shape index (κ1) is 21.1. The molecule has 0 bridgehead atoms. The van der Waals surface area contributed by atoms with E-state index in [0.717, 1.165) is 5.56 Å². The Bertz CT molecular complexity index is 1290. The van der Waals surface area contributed by atoms with Gasteiger partial charge in [0.2, 0.25) is 11.2 Å². The van der Waals surface area contributed by atoms with Crippen LogP contribution in [0.3, 0.4) is 0 Å². The van der Waals surface area contributed by atoms with Crippen LogP contribution in [0.15, 0.2) is 69.9 Å². The Hall–Kier alpha value is -4.13. The molecular formula is C25H22O7. The summed E-state index contributed by atoms with van der Waals surface area (Å²) < 4.78 is 27.7. The minimum Gasteiger partial charge on any atom is -0.504 e. The zero-order valence-corrected chi connectivity index (χ0v) is 17.9. The molecule has 0 aliphatic heterocycles. The number of phenols is 1. The first-order valence-corrected chi connectivity index (χ1v) is 9.83. The topological polar surface area (TPSA) is 87.4 Å². The molecule has 1 N–H and O–H groups in total. The Balaban J connectivity index is 1.76. The number of hydrogen-bond acceptors (Lipinski definition) is 7. The molecule has 0 amide bonds. The highest BCUT2D eigenvalue weighted by molar-refractivity contribution is 5.93. The lowest BCUT2D eigenvalue weighted by Crippen LogP contribution is -2.09. The average molecular weight is 434 g/mol. The van der Waals surface area contributed by atoms with Gasteiger partial charge in [-0.25, -0.2) is 0 Å². The second kappa shape index (κ2) is 8.93. The van der Waals surface area contributed by atoms with E-state index >= 15 is 0 Å². The molecule has 0 aliphatic rings. The van der Waals surface area contributed by atoms with E-state index in [2.05, 4.69) is 0 Å². The largest absolute Gasteiger partial charge is 0.504 e. The van der Waals surface area contributed by atoms with E-state index in [9.17, 15) is 9.90 Å². The van der Waals surface area contributed by atoms with Crippen molar-refractivity contribution in [2.24, 2.45) is 0 Å². The Morgan fingerprint density at radius 2 is 1.56 bits per heavy atom. The number of aromatic hydroxyl groups is 1. The number of benzene rings is 3. The first-order valence-electron chi connectivity index (χ1n) is 9.83. The zero-order valence-electron chi connectivity index (χ0n) is 17.9. The van der Waals surface area contributed by atoms with Gasteiger partial charge in [-0.1, -0.05) is 30.3 Å². The Kier molecular flexibility index (Phi) is 5.89. The predicted molar refractivity (Wildman–Crippen MR) is 120 cm³/mol. The monoisotopic (exact) mass is 434 g/mol. The molecule has 4 aromatic rings. The van der Waals surface area contributed by atoms with Gasteiger partial charge in [-0.05, 0) is 29.8 Å². The van der Waals surface area contributed by atoms with Gasteiger partial charge < -0.3 is 28.5 Å². The normalized spacial score (nSPS) is 10.7. The number of fused-ring (bicyclic) bond motifs is 1. The molecule has 0 spiro atoms. The highest BCUT2D eigenvalue weighted by Crippen LogP contribution is 2.42. The standard InChI is InChI=1S/C25H22O7/c1-28-18-13-19(29-2)24-20(21(18)26)22(27)25(30-3)23(32-24)16-9-11-17(12-10-16)31-14-15-7-5-4-6-8-15/h4-13,26H,14H2,1-3H3. The Morgan fingerprint density at radius 3 is 2.19 bits per heavy atom. The Morgan fingerprint density at radius 1 is 0.875 bits per heavy atom. The van der Waals surface area contributed by atoms with E-state index in [4.69, 9.17) is 23.4 Å². The fourth-order valence-electron chi connectivity index (χ4n) is 3.41. The van der Waals surface area contributed by atoms with Crippen molar-refractivity contribution in [3.05, 3.63) is 76.5 Å². The number of ether oxygens (including phenoxy) is 4. The van der Waals surface area contributed by atoms with Crippen molar-refractivity contribution < 1.29 is 28.5 Å². The van der Waals surface area contributed by atoms with E-state index in [1.54, 1.807) is 24.3 Å². The maximum absolute atomic E-state index is 13.2. The first-order chi connectivity index (χ1) is 15.6. The van der Waals surface area contributed by atoms with Crippen molar-refractivity contribution >= 4 is 11.0 Å². The molecule has 0 radical (unpaired) electrons. The lowest BCUT2D eigenvalue weighted by molar-refractivity contribution is 0.306. The van der Waals surface area contributed by atoms with Gasteiger partial charge in [0.25, 0.3) is 0 Å². The summed E-state index contributed by atoms with van der Waals surface area (Å²) in [6.07, 6.45) is 0. The summed E-state index contributed by atoms with van der Waals surface area (Å²) in [7, 11) is 4.19. The van der Waals surface area contributed by atoms with E-state index in [1.165, 1.54) is 27.4 Å². The Labute approximate surface area is 184 Å². The van der Waals surface area contributed by atoms with Gasteiger partial charge in [0, 0.05) is 11.6 Å². The molecule has 7 nitrogen and oxygen atoms in total. The van der Waals surface area contributed by atoms with Crippen LogP contribution in [0.2, 0.25) is 0 Å². The minimum absolute atomic E-state index is 0.0407. The SMILES string of the molecule is COc1cc(OC)c2oc(-c3ccc(OCc4ccccc4)cc3)c(OC)c(=O)c2c1O. The molecule has 0 fully saturated rings. The molecule has 1 heterocycles. The van der Waals surface area contributed by atoms with Crippen LogP contribution in [0.1, 0.15) is 5.56 Å². The summed E-state index contributed by atoms with van der Waals surface area (Å²) in [6.45, 7) is 0.437. The molecule has 0 saturated carbocycles. The number of methoxy groups -OCH3 is 3. The predicted octanol–water partition coefficient (Wildman–Crippen LogP) is 4.77. The van der Waals surface area contributed by atoms with Gasteiger partial charge in [0.15, 0.2) is 28.6 Å². The van der Waals surface area contributed by atoms with Gasteiger partial charge in [-0.3, -0.25) is 4.79 Å². The van der Waals surface area contributed by atoms with Crippen molar-refractivity contribution in [2.45, 2.75) is 6.61 Å². The maximum Gasteiger partial charge on any atom is 0.239 e. The molecule has 1 aromatic heterocycles. The minimum atomic E-state index is -0.539. The summed E-state index contributed by atoms with van der Waals surface area (Å²) in [5.74, 6) is 0.838. The van der Waals surface area contributed by atoms with Crippen LogP contribution in [0.25, 0.3) is 22.3 Å². The van der Waals surface area contributed by atoms with Gasteiger partial charge >= 0.3 is 0 Å². The lowest BCUT2D eigenvalue weighted by Gasteiger charge is -2.14. The van der Waals surface area contributed by atoms with Crippen LogP contribution >= 0.6 is 0 Å². The van der Waals surface area contributed by atoms with Crippen molar-refractivity contribution in [3.63, 3.8) is 0 Å². The van der Waals surface area contributed by atoms with Gasteiger partial charge in [-0.2, -0.15) is 0 Å². The van der Waals surface area contributed by atoms with Crippen LogP contribution in [-0.2, 0) is 6.61 Å². The van der Waals surface area contributed by atoms with E-state index in [1.807, 2.05) is 30.3 Å². The molecule has 3 aromatic carbocycles. The molecule has 0 atom stereocenters. The van der Waals surface area contributed by atoms with E-state index in [-0.39, 0.29) is 39.7 Å². The highest BCUT2D eigenvalue weighted by Gasteiger charge is 2.24. The third kappa shape index (κ3) is 3.80. The van der Waals surface area contributed by atoms with E-state index < -0.39 is 5.43 Å². The lowest BCUT2D eigenvalue weighted by atomic mass is 10.1. The molecule has 4 rings (SSSR count). The molecule has 164 valence electrons. The second-order valence-electron chi connectivity index (χ2n) is 6.93. The van der Waals surface area contributed by atoms with Crippen LogP contribution in [0.4, 0.5) is 0 Å². The van der Waals surface area contributed by atoms with E-state index in [0.29, 0.717) is 17.9 Å². The van der Waals surface area contributed by atoms with Gasteiger partial charge in [0.05, 0.1) is 21.3 Å². The fraction of sp³-hybridized carbons (Fsp3) is 0.160. The van der Waals surface area contributed by atoms with Gasteiger partial charge in [0.1, 0.15) is 17.7 Å². The molecule has 0 aliphatic carbocycles. The molecule has 7 heteroatoms. The molecule has 0 saturated heterocycles. The van der Waals surface area contributed by atoms with Crippen molar-refractivity contribution in [1.82, 2.24) is 0 Å². The number of hydrogen-bond donors (Lipinski definition) is 1. The van der Waals surface area contributed by atoms with Crippen molar-refractivity contribution in [2.75, 3.05) is 21.3 Å². The summed E-state index contributed by atoms with van der Waals surface area (Å²) in [4.78, 5) is 13.2. The van der Waals surface area contributed by atoms with Gasteiger partial charge in [-0.15, -0.1) is 0 Å². The third-order valence-electron chi connectivity index (χ3n) is 5.04. The number of rotatable bonds is 7. The van der Waals surface area contributed by atoms with Crippen LogP contribution in [0.5, 0.6) is 28.7 Å². The van der Waals surface area contributed by atoms with Crippen molar-refractivity contribution in [3.8, 4) is 40.1 Å². The number of phenolic OH excluding ortho intramolecular Hbond substituents is 1. The molecule has 32 heavy (non-hydrogen) atoms. The highest BCUT2D eigenvalue weighted by atomic mass is 16.5. The summed E-state index contributed by atoms with van der Waals surface area (Å²) >= 11 is 0. The maximum atomic E-state index is 13.2. The van der Waals surface area contributed by atoms with Crippen molar-refractivity contribution in [1.29, 1.82) is 0 Å². The summed E-state index contributed by atoms with van der Waals surface area (Å²) in [5, 5.41) is 10.4. The van der Waals surface area contributed by atoms with Crippen LogP contribution in [0, 0.1) is 0 Å². The summed E-state index contributed by atoms with van der Waals surface area (Å²) in [5.41, 5.74) is 1.21. The third-order valence-corrected chi connectivity index (χ3v) is 5.04. The molecular weight excluding hydrogens is 412 g/mol.